The smallest absolute Gasteiger partial charge is 0.301 e. The molecule has 1 atom stereocenters. The zero-order valence-electron chi connectivity index (χ0n) is 17.5. The van der Waals surface area contributed by atoms with Crippen molar-refractivity contribution in [3.8, 4) is 11.5 Å². The number of nitrogens with zero attached hydrogens (tertiary/aromatic N) is 2. The van der Waals surface area contributed by atoms with Crippen LogP contribution < -0.4 is 14.4 Å². The van der Waals surface area contributed by atoms with Crippen LogP contribution in [0.3, 0.4) is 0 Å². The molecule has 1 saturated heterocycles. The monoisotopic (exact) mass is 498 g/mol. The van der Waals surface area contributed by atoms with Crippen molar-refractivity contribution in [1.82, 2.24) is 5.16 Å². The van der Waals surface area contributed by atoms with Crippen LogP contribution in [0.15, 0.2) is 63.1 Å². The van der Waals surface area contributed by atoms with Gasteiger partial charge in [0.25, 0.3) is 5.78 Å². The van der Waals surface area contributed by atoms with Gasteiger partial charge < -0.3 is 19.1 Å². The maximum Gasteiger partial charge on any atom is 0.301 e. The highest BCUT2D eigenvalue weighted by Crippen LogP contribution is 2.43. The van der Waals surface area contributed by atoms with E-state index < -0.39 is 17.7 Å². The van der Waals surface area contributed by atoms with Crippen molar-refractivity contribution in [2.45, 2.75) is 13.0 Å². The number of aromatic nitrogens is 1. The lowest BCUT2D eigenvalue weighted by Crippen LogP contribution is -2.29. The molecule has 0 bridgehead atoms. The minimum Gasteiger partial charge on any atom is -0.507 e. The van der Waals surface area contributed by atoms with E-state index in [4.69, 9.17) is 14.0 Å². The van der Waals surface area contributed by atoms with Gasteiger partial charge in [-0.3, -0.25) is 14.5 Å². The molecule has 9 heteroatoms. The molecule has 1 aliphatic rings. The summed E-state index contributed by atoms with van der Waals surface area (Å²) in [5.74, 6) is -0.407. The zero-order valence-corrected chi connectivity index (χ0v) is 19.0. The van der Waals surface area contributed by atoms with E-state index >= 15 is 0 Å². The van der Waals surface area contributed by atoms with Gasteiger partial charge >= 0.3 is 5.91 Å². The highest BCUT2D eigenvalue weighted by Gasteiger charge is 2.48. The number of ketones is 1. The number of aliphatic hydroxyl groups excluding tert-OH is 1. The number of aryl methyl sites for hydroxylation is 1. The van der Waals surface area contributed by atoms with Crippen molar-refractivity contribution in [2.75, 3.05) is 19.1 Å². The van der Waals surface area contributed by atoms with E-state index in [9.17, 15) is 14.7 Å². The third kappa shape index (κ3) is 3.64. The number of hydrogen-bond donors (Lipinski definition) is 1. The van der Waals surface area contributed by atoms with Crippen molar-refractivity contribution in [3.05, 3.63) is 75.5 Å². The Morgan fingerprint density at radius 2 is 1.75 bits per heavy atom. The standard InChI is InChI=1S/C23H19BrN2O6/c1-12-10-18(25-32-12)26-20(14-6-9-16(30-2)17(11-14)31-3)19(22(28)23(26)29)21(27)13-4-7-15(24)8-5-13/h4-11,20,27H,1-3H3/t20-/m0/s1. The summed E-state index contributed by atoms with van der Waals surface area (Å²) in [6, 6.07) is 12.4. The number of benzene rings is 2. The molecule has 0 spiro atoms. The van der Waals surface area contributed by atoms with E-state index in [0.717, 1.165) is 4.47 Å². The normalized spacial score (nSPS) is 17.6. The van der Waals surface area contributed by atoms with Gasteiger partial charge in [-0.1, -0.05) is 39.3 Å². The molecule has 0 unspecified atom stereocenters. The summed E-state index contributed by atoms with van der Waals surface area (Å²) in [6.07, 6.45) is 0. The largest absolute Gasteiger partial charge is 0.507 e. The van der Waals surface area contributed by atoms with E-state index in [1.54, 1.807) is 55.5 Å². The summed E-state index contributed by atoms with van der Waals surface area (Å²) in [6.45, 7) is 1.68. The summed E-state index contributed by atoms with van der Waals surface area (Å²) in [5, 5.41) is 15.0. The van der Waals surface area contributed by atoms with Crippen LogP contribution >= 0.6 is 15.9 Å². The van der Waals surface area contributed by atoms with Crippen LogP contribution in [0.1, 0.15) is 22.9 Å². The van der Waals surface area contributed by atoms with Crippen molar-refractivity contribution in [1.29, 1.82) is 0 Å². The van der Waals surface area contributed by atoms with Gasteiger partial charge in [0.2, 0.25) is 0 Å². The predicted octanol–water partition coefficient (Wildman–Crippen LogP) is 4.39. The van der Waals surface area contributed by atoms with Gasteiger partial charge in [0.1, 0.15) is 11.5 Å². The average molecular weight is 499 g/mol. The maximum atomic E-state index is 13.1. The molecule has 32 heavy (non-hydrogen) atoms. The fraction of sp³-hybridized carbons (Fsp3) is 0.174. The lowest BCUT2D eigenvalue weighted by Gasteiger charge is -2.23. The topological polar surface area (TPSA) is 102 Å². The number of ether oxygens (including phenoxy) is 2. The summed E-state index contributed by atoms with van der Waals surface area (Å²) in [5.41, 5.74) is 0.861. The van der Waals surface area contributed by atoms with Crippen LogP contribution in [-0.2, 0) is 9.59 Å². The molecule has 164 valence electrons. The molecule has 1 aliphatic heterocycles. The van der Waals surface area contributed by atoms with Crippen molar-refractivity contribution < 1.29 is 28.7 Å². The summed E-state index contributed by atoms with van der Waals surface area (Å²) < 4.78 is 16.6. The molecular formula is C23H19BrN2O6. The Balaban J connectivity index is 1.95. The van der Waals surface area contributed by atoms with E-state index in [0.29, 0.717) is 28.4 Å². The third-order valence-corrected chi connectivity index (χ3v) is 5.68. The van der Waals surface area contributed by atoms with Gasteiger partial charge in [-0.25, -0.2) is 0 Å². The van der Waals surface area contributed by atoms with Crippen LogP contribution in [0.2, 0.25) is 0 Å². The van der Waals surface area contributed by atoms with Crippen LogP contribution in [0.5, 0.6) is 11.5 Å². The van der Waals surface area contributed by atoms with Crippen LogP contribution in [0.25, 0.3) is 5.76 Å². The lowest BCUT2D eigenvalue weighted by atomic mass is 9.95. The molecule has 1 aromatic heterocycles. The Kier molecular flexibility index (Phi) is 5.75. The summed E-state index contributed by atoms with van der Waals surface area (Å²) in [7, 11) is 3.00. The SMILES string of the molecule is COc1ccc([C@H]2C(=C(O)c3ccc(Br)cc3)C(=O)C(=O)N2c2cc(C)on2)cc1OC. The Morgan fingerprint density at radius 3 is 2.34 bits per heavy atom. The zero-order chi connectivity index (χ0) is 23.0. The number of aliphatic hydroxyl groups is 1. The Bertz CT molecular complexity index is 1230. The van der Waals surface area contributed by atoms with Crippen LogP contribution in [0, 0.1) is 6.92 Å². The highest BCUT2D eigenvalue weighted by molar-refractivity contribution is 9.10. The Hall–Kier alpha value is -3.59. The predicted molar refractivity (Wildman–Crippen MR) is 120 cm³/mol. The second-order valence-corrected chi connectivity index (χ2v) is 8.00. The van der Waals surface area contributed by atoms with Gasteiger partial charge in [0.05, 0.1) is 25.8 Å². The molecule has 4 rings (SSSR count). The maximum absolute atomic E-state index is 13.1. The molecule has 1 fully saturated rings. The molecule has 1 N–H and O–H groups in total. The summed E-state index contributed by atoms with van der Waals surface area (Å²) >= 11 is 3.35. The van der Waals surface area contributed by atoms with Crippen molar-refractivity contribution in [2.24, 2.45) is 0 Å². The number of amides is 1. The van der Waals surface area contributed by atoms with E-state index in [1.165, 1.54) is 19.1 Å². The fourth-order valence-electron chi connectivity index (χ4n) is 3.64. The van der Waals surface area contributed by atoms with Crippen molar-refractivity contribution in [3.63, 3.8) is 0 Å². The first-order chi connectivity index (χ1) is 15.3. The molecule has 0 saturated carbocycles. The minimum absolute atomic E-state index is 0.0646. The van der Waals surface area contributed by atoms with Crippen LogP contribution in [-0.4, -0.2) is 36.2 Å². The first-order valence-electron chi connectivity index (χ1n) is 9.58. The molecular weight excluding hydrogens is 480 g/mol. The van der Waals surface area contributed by atoms with E-state index in [2.05, 4.69) is 21.1 Å². The summed E-state index contributed by atoms with van der Waals surface area (Å²) in [4.78, 5) is 27.4. The quantitative estimate of drug-likeness (QED) is 0.316. The minimum atomic E-state index is -0.956. The number of halogens is 1. The average Bonchev–Trinajstić information content (AvgIpc) is 3.34. The van der Waals surface area contributed by atoms with Crippen molar-refractivity contribution >= 4 is 39.2 Å². The third-order valence-electron chi connectivity index (χ3n) is 5.15. The second kappa shape index (κ2) is 8.51. The molecule has 8 nitrogen and oxygen atoms in total. The van der Waals surface area contributed by atoms with E-state index in [1.807, 2.05) is 0 Å². The molecule has 2 aromatic carbocycles. The first kappa shape index (κ1) is 21.6. The lowest BCUT2D eigenvalue weighted by molar-refractivity contribution is -0.132. The number of Topliss-reactive ketones (excluding diaryl/α,β-unsaturated/α-hetero) is 1. The van der Waals surface area contributed by atoms with E-state index in [-0.39, 0.29) is 17.2 Å². The number of anilines is 1. The first-order valence-corrected chi connectivity index (χ1v) is 10.4. The number of carbonyl (C=O) groups excluding carboxylic acids is 2. The second-order valence-electron chi connectivity index (χ2n) is 7.09. The van der Waals surface area contributed by atoms with Gasteiger partial charge in [-0.2, -0.15) is 0 Å². The Morgan fingerprint density at radius 1 is 1.06 bits per heavy atom. The number of rotatable bonds is 5. The van der Waals surface area contributed by atoms with Gasteiger partial charge in [-0.15, -0.1) is 0 Å². The molecule has 3 aromatic rings. The highest BCUT2D eigenvalue weighted by atomic mass is 79.9. The number of carbonyl (C=O) groups is 2. The molecule has 0 radical (unpaired) electrons. The molecule has 1 amide bonds. The van der Waals surface area contributed by atoms with Gasteiger partial charge in [0, 0.05) is 16.1 Å². The number of hydrogen-bond acceptors (Lipinski definition) is 7. The number of methoxy groups -OCH3 is 2. The van der Waals surface area contributed by atoms with Crippen LogP contribution in [0.4, 0.5) is 5.82 Å². The molecule has 2 heterocycles. The fourth-order valence-corrected chi connectivity index (χ4v) is 3.90. The van der Waals surface area contributed by atoms with Gasteiger partial charge in [-0.05, 0) is 36.8 Å². The Labute approximate surface area is 192 Å². The van der Waals surface area contributed by atoms with Gasteiger partial charge in [0.15, 0.2) is 17.3 Å². The molecule has 0 aliphatic carbocycles.